The third-order valence-corrected chi connectivity index (χ3v) is 2.53. The number of carbonyl (C=O) groups excluding carboxylic acids is 2. The first-order chi connectivity index (χ1) is 9.58. The van der Waals surface area contributed by atoms with Gasteiger partial charge in [0, 0.05) is 0 Å². The molecule has 8 nitrogen and oxygen atoms in total. The molecule has 1 aliphatic rings. The smallest absolute Gasteiger partial charge is 0.358 e. The van der Waals surface area contributed by atoms with Crippen LogP contribution < -0.4 is 15.2 Å². The van der Waals surface area contributed by atoms with Gasteiger partial charge >= 0.3 is 11.9 Å². The van der Waals surface area contributed by atoms with E-state index >= 15 is 0 Å². The Hall–Kier alpha value is -2.22. The highest BCUT2D eigenvalue weighted by Gasteiger charge is 2.34. The van der Waals surface area contributed by atoms with Crippen molar-refractivity contribution in [2.75, 3.05) is 19.8 Å². The summed E-state index contributed by atoms with van der Waals surface area (Å²) in [7, 11) is 0. The van der Waals surface area contributed by atoms with Gasteiger partial charge in [-0.05, 0) is 13.8 Å². The van der Waals surface area contributed by atoms with E-state index in [1.807, 2.05) is 0 Å². The fourth-order valence-corrected chi connectivity index (χ4v) is 1.76. The van der Waals surface area contributed by atoms with Crippen LogP contribution in [0.25, 0.3) is 0 Å². The summed E-state index contributed by atoms with van der Waals surface area (Å²) in [5.41, 5.74) is 5.60. The van der Waals surface area contributed by atoms with Crippen molar-refractivity contribution in [3.63, 3.8) is 0 Å². The molecule has 0 aromatic carbocycles. The van der Waals surface area contributed by atoms with E-state index in [0.29, 0.717) is 0 Å². The monoisotopic (exact) mass is 284 g/mol. The number of rotatable bonds is 4. The molecule has 8 heteroatoms. The topological polar surface area (TPSA) is 113 Å². The third-order valence-electron chi connectivity index (χ3n) is 2.53. The first-order valence-corrected chi connectivity index (χ1v) is 6.23. The van der Waals surface area contributed by atoms with Gasteiger partial charge in [-0.25, -0.2) is 9.59 Å². The predicted molar refractivity (Wildman–Crippen MR) is 66.8 cm³/mol. The van der Waals surface area contributed by atoms with Crippen molar-refractivity contribution in [1.82, 2.24) is 4.98 Å². The number of hydrogen-bond acceptors (Lipinski definition) is 7. The minimum absolute atomic E-state index is 0.0109. The molecule has 0 saturated carbocycles. The Morgan fingerprint density at radius 3 is 2.30 bits per heavy atom. The number of aromatic amines is 1. The molecular formula is C12H16N2O6. The van der Waals surface area contributed by atoms with E-state index in [1.54, 1.807) is 13.8 Å². The zero-order valence-electron chi connectivity index (χ0n) is 11.2. The van der Waals surface area contributed by atoms with Crippen LogP contribution in [0.2, 0.25) is 0 Å². The molecule has 1 atom stereocenters. The molecule has 1 aliphatic heterocycles. The molecule has 110 valence electrons. The summed E-state index contributed by atoms with van der Waals surface area (Å²) >= 11 is 0. The molecule has 0 fully saturated rings. The van der Waals surface area contributed by atoms with E-state index in [0.717, 1.165) is 0 Å². The van der Waals surface area contributed by atoms with Gasteiger partial charge in [-0.3, -0.25) is 5.73 Å². The standard InChI is InChI=1S/C12H16N2O6/c1-3-17-11(15)7-9-10(20-6(13)5-19-9)8(14-7)12(16)18-4-2/h6,14H,3-5,13H2,1-2H3. The predicted octanol–water partition coefficient (Wildman–Crippen LogP) is 0.424. The molecule has 0 saturated heterocycles. The van der Waals surface area contributed by atoms with Gasteiger partial charge in [-0.1, -0.05) is 0 Å². The highest BCUT2D eigenvalue weighted by Crippen LogP contribution is 2.39. The summed E-state index contributed by atoms with van der Waals surface area (Å²) < 4.78 is 20.5. The summed E-state index contributed by atoms with van der Waals surface area (Å²) in [6.45, 7) is 3.80. The Labute approximate surface area is 115 Å². The Morgan fingerprint density at radius 1 is 1.20 bits per heavy atom. The Kier molecular flexibility index (Phi) is 4.14. The Morgan fingerprint density at radius 2 is 1.75 bits per heavy atom. The molecule has 20 heavy (non-hydrogen) atoms. The number of esters is 2. The lowest BCUT2D eigenvalue weighted by Crippen LogP contribution is -2.37. The van der Waals surface area contributed by atoms with E-state index in [-0.39, 0.29) is 42.7 Å². The number of fused-ring (bicyclic) bond motifs is 1. The molecule has 0 spiro atoms. The average molecular weight is 284 g/mol. The van der Waals surface area contributed by atoms with Crippen molar-refractivity contribution in [3.8, 4) is 11.5 Å². The quantitative estimate of drug-likeness (QED) is 0.770. The van der Waals surface area contributed by atoms with Crippen LogP contribution in [-0.4, -0.2) is 43.0 Å². The third kappa shape index (κ3) is 2.55. The second-order valence-corrected chi connectivity index (χ2v) is 3.94. The molecule has 2 heterocycles. The van der Waals surface area contributed by atoms with Gasteiger partial charge in [-0.15, -0.1) is 0 Å². The van der Waals surface area contributed by atoms with Crippen LogP contribution in [-0.2, 0) is 9.47 Å². The molecule has 1 aromatic rings. The highest BCUT2D eigenvalue weighted by atomic mass is 16.6. The van der Waals surface area contributed by atoms with Crippen molar-refractivity contribution < 1.29 is 28.5 Å². The fourth-order valence-electron chi connectivity index (χ4n) is 1.76. The lowest BCUT2D eigenvalue weighted by Gasteiger charge is -2.21. The summed E-state index contributed by atoms with van der Waals surface area (Å²) in [5, 5.41) is 0. The molecule has 0 aliphatic carbocycles. The van der Waals surface area contributed by atoms with Gasteiger partial charge in [0.25, 0.3) is 0 Å². The van der Waals surface area contributed by atoms with Crippen LogP contribution in [0.1, 0.15) is 34.8 Å². The van der Waals surface area contributed by atoms with Crippen LogP contribution >= 0.6 is 0 Å². The average Bonchev–Trinajstić information content (AvgIpc) is 2.78. The minimum atomic E-state index is -0.721. The normalized spacial score (nSPS) is 16.6. The lowest BCUT2D eigenvalue weighted by molar-refractivity contribution is 0.0488. The summed E-state index contributed by atoms with van der Waals surface area (Å²) in [6.07, 6.45) is -0.721. The molecule has 1 unspecified atom stereocenters. The van der Waals surface area contributed by atoms with Crippen molar-refractivity contribution in [2.45, 2.75) is 20.1 Å². The number of hydrogen-bond donors (Lipinski definition) is 2. The van der Waals surface area contributed by atoms with Crippen LogP contribution in [0.3, 0.4) is 0 Å². The maximum absolute atomic E-state index is 11.8. The molecule has 1 aromatic heterocycles. The van der Waals surface area contributed by atoms with Crippen LogP contribution in [0, 0.1) is 0 Å². The Balaban J connectivity index is 2.42. The molecule has 3 N–H and O–H groups in total. The highest BCUT2D eigenvalue weighted by molar-refractivity contribution is 5.99. The van der Waals surface area contributed by atoms with E-state index < -0.39 is 18.2 Å². The number of ether oxygens (including phenoxy) is 4. The minimum Gasteiger partial charge on any atom is -0.482 e. The summed E-state index contributed by atoms with van der Waals surface area (Å²) in [6, 6.07) is 0. The van der Waals surface area contributed by atoms with E-state index in [9.17, 15) is 9.59 Å². The lowest BCUT2D eigenvalue weighted by atomic mass is 10.3. The number of H-pyrrole nitrogens is 1. The van der Waals surface area contributed by atoms with Gasteiger partial charge in [0.15, 0.2) is 29.1 Å². The number of aromatic nitrogens is 1. The van der Waals surface area contributed by atoms with Crippen LogP contribution in [0.5, 0.6) is 11.5 Å². The van der Waals surface area contributed by atoms with Crippen molar-refractivity contribution in [1.29, 1.82) is 0 Å². The molecule has 0 radical (unpaired) electrons. The van der Waals surface area contributed by atoms with Crippen LogP contribution in [0.15, 0.2) is 0 Å². The summed E-state index contributed by atoms with van der Waals surface area (Å²) in [5.74, 6) is -1.10. The zero-order chi connectivity index (χ0) is 14.7. The van der Waals surface area contributed by atoms with Crippen molar-refractivity contribution >= 4 is 11.9 Å². The zero-order valence-corrected chi connectivity index (χ0v) is 11.2. The first kappa shape index (κ1) is 14.2. The molecular weight excluding hydrogens is 268 g/mol. The number of carbonyl (C=O) groups is 2. The van der Waals surface area contributed by atoms with Crippen molar-refractivity contribution in [2.24, 2.45) is 5.73 Å². The van der Waals surface area contributed by atoms with Gasteiger partial charge in [-0.2, -0.15) is 0 Å². The Bertz CT molecular complexity index is 524. The van der Waals surface area contributed by atoms with Crippen LogP contribution in [0.4, 0.5) is 0 Å². The van der Waals surface area contributed by atoms with Gasteiger partial charge in [0.05, 0.1) is 13.2 Å². The first-order valence-electron chi connectivity index (χ1n) is 6.23. The summed E-state index contributed by atoms with van der Waals surface area (Å²) in [4.78, 5) is 26.3. The molecule has 2 rings (SSSR count). The molecule has 0 amide bonds. The van der Waals surface area contributed by atoms with Gasteiger partial charge < -0.3 is 23.9 Å². The SMILES string of the molecule is CCOC(=O)c1[nH]c(C(=O)OCC)c2c1OCC(N)O2. The largest absolute Gasteiger partial charge is 0.482 e. The number of nitrogens with two attached hydrogens (primary N) is 1. The number of nitrogens with one attached hydrogen (secondary N) is 1. The van der Waals surface area contributed by atoms with Gasteiger partial charge in [0.2, 0.25) is 0 Å². The second-order valence-electron chi connectivity index (χ2n) is 3.94. The maximum atomic E-state index is 11.8. The van der Waals surface area contributed by atoms with E-state index in [2.05, 4.69) is 4.98 Å². The van der Waals surface area contributed by atoms with E-state index in [1.165, 1.54) is 0 Å². The maximum Gasteiger partial charge on any atom is 0.358 e. The molecule has 0 bridgehead atoms. The van der Waals surface area contributed by atoms with Gasteiger partial charge in [0.1, 0.15) is 6.61 Å². The van der Waals surface area contributed by atoms with E-state index in [4.69, 9.17) is 24.7 Å². The van der Waals surface area contributed by atoms with Crippen molar-refractivity contribution in [3.05, 3.63) is 11.4 Å². The second kappa shape index (κ2) is 5.83. The fraction of sp³-hybridized carbons (Fsp3) is 0.500.